The number of aromatic nitrogens is 2. The van der Waals surface area contributed by atoms with Crippen molar-refractivity contribution in [1.29, 1.82) is 0 Å². The molecule has 21 heavy (non-hydrogen) atoms. The van der Waals surface area contributed by atoms with Crippen LogP contribution in [0.3, 0.4) is 0 Å². The summed E-state index contributed by atoms with van der Waals surface area (Å²) < 4.78 is 2.10. The Kier molecular flexibility index (Phi) is 3.74. The van der Waals surface area contributed by atoms with Crippen molar-refractivity contribution in [3.63, 3.8) is 0 Å². The second kappa shape index (κ2) is 5.69. The third kappa shape index (κ3) is 2.82. The Labute approximate surface area is 127 Å². The molecule has 1 fully saturated rings. The maximum Gasteiger partial charge on any atom is 0.317 e. The van der Waals surface area contributed by atoms with Gasteiger partial charge in [-0.05, 0) is 12.1 Å². The number of para-hydroxylation sites is 2. The standard InChI is InChI=1S/C14H17N5OS/c15-12(21)9-13-17-10-3-1-2-4-11(10)19(13)8-7-18-6-5-16-14(18)20/h1-4H,5-9H2,(H2,15,21)(H,16,20). The van der Waals surface area contributed by atoms with Crippen molar-refractivity contribution >= 4 is 34.3 Å². The lowest BCUT2D eigenvalue weighted by molar-refractivity contribution is 0.215. The number of rotatable bonds is 5. The van der Waals surface area contributed by atoms with Gasteiger partial charge in [0.15, 0.2) is 0 Å². The molecule has 3 rings (SSSR count). The highest BCUT2D eigenvalue weighted by Gasteiger charge is 2.20. The third-order valence-electron chi connectivity index (χ3n) is 3.60. The van der Waals surface area contributed by atoms with Gasteiger partial charge in [0.2, 0.25) is 0 Å². The minimum absolute atomic E-state index is 0.00434. The van der Waals surface area contributed by atoms with Gasteiger partial charge in [0.05, 0.1) is 22.4 Å². The van der Waals surface area contributed by atoms with Crippen molar-refractivity contribution < 1.29 is 4.79 Å². The van der Waals surface area contributed by atoms with E-state index >= 15 is 0 Å². The molecule has 6 nitrogen and oxygen atoms in total. The van der Waals surface area contributed by atoms with Gasteiger partial charge >= 0.3 is 6.03 Å². The average molecular weight is 303 g/mol. The number of hydrogen-bond donors (Lipinski definition) is 2. The van der Waals surface area contributed by atoms with E-state index in [0.29, 0.717) is 31.0 Å². The fraction of sp³-hybridized carbons (Fsp3) is 0.357. The van der Waals surface area contributed by atoms with Gasteiger partial charge in [-0.1, -0.05) is 24.4 Å². The number of nitrogens with one attached hydrogen (secondary N) is 1. The van der Waals surface area contributed by atoms with Gasteiger partial charge in [0, 0.05) is 26.2 Å². The molecule has 0 unspecified atom stereocenters. The van der Waals surface area contributed by atoms with Crippen LogP contribution < -0.4 is 11.1 Å². The summed E-state index contributed by atoms with van der Waals surface area (Å²) in [6, 6.07) is 7.92. The van der Waals surface area contributed by atoms with Crippen molar-refractivity contribution in [3.05, 3.63) is 30.1 Å². The number of benzene rings is 1. The van der Waals surface area contributed by atoms with E-state index in [1.54, 1.807) is 4.90 Å². The van der Waals surface area contributed by atoms with Crippen LogP contribution in [-0.4, -0.2) is 45.1 Å². The van der Waals surface area contributed by atoms with E-state index in [0.717, 1.165) is 23.4 Å². The van der Waals surface area contributed by atoms with Crippen LogP contribution in [0.1, 0.15) is 5.82 Å². The van der Waals surface area contributed by atoms with Crippen LogP contribution in [0.2, 0.25) is 0 Å². The second-order valence-corrected chi connectivity index (χ2v) is 5.55. The molecule has 0 radical (unpaired) electrons. The summed E-state index contributed by atoms with van der Waals surface area (Å²) in [6.07, 6.45) is 0.468. The molecule has 1 saturated heterocycles. The van der Waals surface area contributed by atoms with E-state index in [2.05, 4.69) is 14.9 Å². The van der Waals surface area contributed by atoms with E-state index in [1.807, 2.05) is 24.3 Å². The highest BCUT2D eigenvalue weighted by molar-refractivity contribution is 7.80. The average Bonchev–Trinajstić information content (AvgIpc) is 2.99. The topological polar surface area (TPSA) is 76.2 Å². The van der Waals surface area contributed by atoms with Gasteiger partial charge in [-0.25, -0.2) is 9.78 Å². The van der Waals surface area contributed by atoms with Crippen LogP contribution in [0.25, 0.3) is 11.0 Å². The predicted molar refractivity (Wildman–Crippen MR) is 85.2 cm³/mol. The fourth-order valence-corrected chi connectivity index (χ4v) is 2.74. The molecule has 2 amide bonds. The predicted octanol–water partition coefficient (Wildman–Crippen LogP) is 0.890. The molecular formula is C14H17N5OS. The molecule has 1 aromatic carbocycles. The maximum atomic E-state index is 11.6. The Morgan fingerprint density at radius 1 is 1.38 bits per heavy atom. The molecule has 2 heterocycles. The zero-order chi connectivity index (χ0) is 14.8. The normalized spacial score (nSPS) is 14.7. The summed E-state index contributed by atoms with van der Waals surface area (Å²) >= 11 is 5.00. The lowest BCUT2D eigenvalue weighted by atomic mass is 10.3. The zero-order valence-corrected chi connectivity index (χ0v) is 12.4. The Bertz CT molecular complexity index is 696. The minimum Gasteiger partial charge on any atom is -0.393 e. The van der Waals surface area contributed by atoms with Crippen molar-refractivity contribution in [2.24, 2.45) is 5.73 Å². The number of carbonyl (C=O) groups is 1. The quantitative estimate of drug-likeness (QED) is 0.804. The molecule has 0 saturated carbocycles. The van der Waals surface area contributed by atoms with Crippen LogP contribution in [0.15, 0.2) is 24.3 Å². The number of imidazole rings is 1. The first kappa shape index (κ1) is 13.8. The molecule has 1 aliphatic heterocycles. The molecule has 0 atom stereocenters. The van der Waals surface area contributed by atoms with Gasteiger partial charge in [-0.15, -0.1) is 0 Å². The SMILES string of the molecule is NC(=S)Cc1nc2ccccc2n1CCN1CCNC1=O. The number of nitrogens with zero attached hydrogens (tertiary/aromatic N) is 3. The first-order valence-corrected chi connectivity index (χ1v) is 7.31. The number of nitrogens with two attached hydrogens (primary N) is 1. The summed E-state index contributed by atoms with van der Waals surface area (Å²) in [6.45, 7) is 2.79. The fourth-order valence-electron chi connectivity index (χ4n) is 2.61. The first-order chi connectivity index (χ1) is 10.1. The largest absolute Gasteiger partial charge is 0.393 e. The van der Waals surface area contributed by atoms with Crippen LogP contribution in [-0.2, 0) is 13.0 Å². The van der Waals surface area contributed by atoms with Crippen molar-refractivity contribution in [2.45, 2.75) is 13.0 Å². The Hall–Kier alpha value is -2.15. The molecule has 1 aromatic heterocycles. The van der Waals surface area contributed by atoms with Crippen molar-refractivity contribution in [2.75, 3.05) is 19.6 Å². The van der Waals surface area contributed by atoms with Crippen LogP contribution in [0.5, 0.6) is 0 Å². The number of fused-ring (bicyclic) bond motifs is 1. The summed E-state index contributed by atoms with van der Waals surface area (Å²) in [5.41, 5.74) is 7.63. The smallest absolute Gasteiger partial charge is 0.317 e. The van der Waals surface area contributed by atoms with Gasteiger partial charge in [-0.3, -0.25) is 0 Å². The van der Waals surface area contributed by atoms with Crippen LogP contribution in [0, 0.1) is 0 Å². The van der Waals surface area contributed by atoms with Gasteiger partial charge in [0.1, 0.15) is 5.82 Å². The molecule has 3 N–H and O–H groups in total. The van der Waals surface area contributed by atoms with Crippen LogP contribution in [0.4, 0.5) is 4.79 Å². The first-order valence-electron chi connectivity index (χ1n) is 6.90. The van der Waals surface area contributed by atoms with E-state index in [-0.39, 0.29) is 6.03 Å². The summed E-state index contributed by atoms with van der Waals surface area (Å²) in [4.78, 5) is 18.4. The summed E-state index contributed by atoms with van der Waals surface area (Å²) in [5, 5.41) is 2.81. The lowest BCUT2D eigenvalue weighted by Gasteiger charge is -2.16. The Morgan fingerprint density at radius 2 is 2.19 bits per heavy atom. The number of thiocarbonyl (C=S) groups is 1. The lowest BCUT2D eigenvalue weighted by Crippen LogP contribution is -2.31. The van der Waals surface area contributed by atoms with E-state index < -0.39 is 0 Å². The Morgan fingerprint density at radius 3 is 2.90 bits per heavy atom. The zero-order valence-electron chi connectivity index (χ0n) is 11.6. The molecule has 1 aliphatic rings. The van der Waals surface area contributed by atoms with E-state index in [4.69, 9.17) is 18.0 Å². The highest BCUT2D eigenvalue weighted by Crippen LogP contribution is 2.17. The molecule has 0 aliphatic carbocycles. The summed E-state index contributed by atoms with van der Waals surface area (Å²) in [7, 11) is 0. The molecular weight excluding hydrogens is 286 g/mol. The number of carbonyl (C=O) groups excluding carboxylic acids is 1. The molecule has 2 aromatic rings. The molecule has 0 bridgehead atoms. The maximum absolute atomic E-state index is 11.6. The van der Waals surface area contributed by atoms with Gasteiger partial charge < -0.3 is 20.5 Å². The number of hydrogen-bond acceptors (Lipinski definition) is 3. The van der Waals surface area contributed by atoms with Gasteiger partial charge in [-0.2, -0.15) is 0 Å². The Balaban J connectivity index is 1.87. The van der Waals surface area contributed by atoms with E-state index in [1.165, 1.54) is 0 Å². The van der Waals surface area contributed by atoms with Gasteiger partial charge in [0.25, 0.3) is 0 Å². The van der Waals surface area contributed by atoms with Crippen molar-refractivity contribution in [1.82, 2.24) is 19.8 Å². The van der Waals surface area contributed by atoms with Crippen LogP contribution >= 0.6 is 12.2 Å². The summed E-state index contributed by atoms with van der Waals surface area (Å²) in [5.74, 6) is 0.850. The van der Waals surface area contributed by atoms with Crippen molar-refractivity contribution in [3.8, 4) is 0 Å². The minimum atomic E-state index is -0.00434. The molecule has 7 heteroatoms. The third-order valence-corrected chi connectivity index (χ3v) is 3.75. The van der Waals surface area contributed by atoms with E-state index in [9.17, 15) is 4.79 Å². The molecule has 110 valence electrons. The second-order valence-electron chi connectivity index (χ2n) is 5.03. The monoisotopic (exact) mass is 303 g/mol. The highest BCUT2D eigenvalue weighted by atomic mass is 32.1. The number of amides is 2. The number of urea groups is 1. The molecule has 0 spiro atoms.